The van der Waals surface area contributed by atoms with Gasteiger partial charge in [-0.1, -0.05) is 25.0 Å². The van der Waals surface area contributed by atoms with E-state index in [0.717, 1.165) is 31.2 Å². The van der Waals surface area contributed by atoms with Crippen LogP contribution in [-0.4, -0.2) is 29.4 Å². The number of aliphatic hydroxyl groups is 1. The lowest BCUT2D eigenvalue weighted by Crippen LogP contribution is -2.44. The highest BCUT2D eigenvalue weighted by atomic mass is 32.2. The Bertz CT molecular complexity index is 470. The molecule has 1 fully saturated rings. The molecule has 2 rings (SSSR count). The van der Waals surface area contributed by atoms with Crippen molar-refractivity contribution in [2.45, 2.75) is 42.7 Å². The highest BCUT2D eigenvalue weighted by Crippen LogP contribution is 2.18. The van der Waals surface area contributed by atoms with Crippen LogP contribution in [0.2, 0.25) is 0 Å². The lowest BCUT2D eigenvalue weighted by atomic mass is 9.92. The molecule has 1 aliphatic rings. The second-order valence-corrected chi connectivity index (χ2v) is 5.95. The molecule has 1 amide bonds. The van der Waals surface area contributed by atoms with Crippen LogP contribution in [0.5, 0.6) is 0 Å². The number of nitrogens with one attached hydrogen (secondary N) is 1. The molecule has 3 nitrogen and oxygen atoms in total. The number of hydrogen-bond donors (Lipinski definition) is 2. The van der Waals surface area contributed by atoms with E-state index in [1.54, 1.807) is 17.8 Å². The molecule has 1 aromatic carbocycles. The Morgan fingerprint density at radius 2 is 2.00 bits per heavy atom. The minimum Gasteiger partial charge on any atom is -0.391 e. The summed E-state index contributed by atoms with van der Waals surface area (Å²) in [5.74, 6) is -0.134. The first-order chi connectivity index (χ1) is 9.69. The molecule has 0 bridgehead atoms. The highest BCUT2D eigenvalue weighted by molar-refractivity contribution is 7.98. The number of aliphatic hydroxyl groups excluding tert-OH is 1. The summed E-state index contributed by atoms with van der Waals surface area (Å²) in [6.45, 7) is 0. The fraction of sp³-hybridized carbons (Fsp3) is 0.438. The topological polar surface area (TPSA) is 49.3 Å². The van der Waals surface area contributed by atoms with Crippen molar-refractivity contribution in [3.05, 3.63) is 35.9 Å². The Labute approximate surface area is 124 Å². The molecule has 1 saturated carbocycles. The zero-order valence-corrected chi connectivity index (χ0v) is 12.5. The Hall–Kier alpha value is -1.26. The molecule has 0 spiro atoms. The molecule has 20 heavy (non-hydrogen) atoms. The van der Waals surface area contributed by atoms with Gasteiger partial charge in [-0.3, -0.25) is 4.79 Å². The van der Waals surface area contributed by atoms with Crippen molar-refractivity contribution in [2.75, 3.05) is 6.26 Å². The van der Waals surface area contributed by atoms with Crippen molar-refractivity contribution in [1.29, 1.82) is 0 Å². The first-order valence-electron chi connectivity index (χ1n) is 7.00. The summed E-state index contributed by atoms with van der Waals surface area (Å²) < 4.78 is 0. The molecule has 2 unspecified atom stereocenters. The summed E-state index contributed by atoms with van der Waals surface area (Å²) in [7, 11) is 0. The molecule has 0 aliphatic heterocycles. The number of hydrogen-bond acceptors (Lipinski definition) is 3. The quantitative estimate of drug-likeness (QED) is 0.662. The monoisotopic (exact) mass is 291 g/mol. The van der Waals surface area contributed by atoms with Crippen LogP contribution in [-0.2, 0) is 4.79 Å². The van der Waals surface area contributed by atoms with Gasteiger partial charge in [-0.2, -0.15) is 0 Å². The van der Waals surface area contributed by atoms with Crippen LogP contribution in [0.4, 0.5) is 0 Å². The molecule has 1 aromatic rings. The van der Waals surface area contributed by atoms with Gasteiger partial charge in [-0.15, -0.1) is 11.8 Å². The van der Waals surface area contributed by atoms with Crippen molar-refractivity contribution in [2.24, 2.45) is 0 Å². The summed E-state index contributed by atoms with van der Waals surface area (Å²) >= 11 is 1.69. The number of benzene rings is 1. The normalized spacial score (nSPS) is 22.9. The SMILES string of the molecule is CSc1ccc(/C=C/C(=O)NC2CCCCC2O)cc1. The Balaban J connectivity index is 1.87. The zero-order chi connectivity index (χ0) is 14.4. The third kappa shape index (κ3) is 4.39. The van der Waals surface area contributed by atoms with Gasteiger partial charge in [0.15, 0.2) is 0 Å². The number of carbonyl (C=O) groups excluding carboxylic acids is 1. The fourth-order valence-electron chi connectivity index (χ4n) is 2.40. The van der Waals surface area contributed by atoms with E-state index in [4.69, 9.17) is 0 Å². The van der Waals surface area contributed by atoms with Gasteiger partial charge in [0.05, 0.1) is 12.1 Å². The van der Waals surface area contributed by atoms with Crippen LogP contribution in [0.15, 0.2) is 35.2 Å². The molecule has 0 radical (unpaired) electrons. The Morgan fingerprint density at radius 3 is 2.65 bits per heavy atom. The summed E-state index contributed by atoms with van der Waals surface area (Å²) in [6.07, 6.45) is 8.74. The van der Waals surface area contributed by atoms with Crippen molar-refractivity contribution in [3.8, 4) is 0 Å². The van der Waals surface area contributed by atoms with Gasteiger partial charge in [-0.25, -0.2) is 0 Å². The number of rotatable bonds is 4. The van der Waals surface area contributed by atoms with Crippen LogP contribution in [0.1, 0.15) is 31.2 Å². The van der Waals surface area contributed by atoms with Crippen molar-refractivity contribution in [1.82, 2.24) is 5.32 Å². The molecule has 2 atom stereocenters. The molecule has 108 valence electrons. The van der Waals surface area contributed by atoms with Gasteiger partial charge in [0, 0.05) is 11.0 Å². The molecule has 2 N–H and O–H groups in total. The number of thioether (sulfide) groups is 1. The summed E-state index contributed by atoms with van der Waals surface area (Å²) in [5, 5.41) is 12.7. The first-order valence-corrected chi connectivity index (χ1v) is 8.22. The molecule has 4 heteroatoms. The van der Waals surface area contributed by atoms with Crippen molar-refractivity contribution >= 4 is 23.7 Å². The van der Waals surface area contributed by atoms with Crippen LogP contribution < -0.4 is 5.32 Å². The molecule has 0 heterocycles. The largest absolute Gasteiger partial charge is 0.391 e. The maximum absolute atomic E-state index is 11.8. The molecule has 0 saturated heterocycles. The molecular weight excluding hydrogens is 270 g/mol. The summed E-state index contributed by atoms with van der Waals surface area (Å²) in [4.78, 5) is 13.0. The third-order valence-corrected chi connectivity index (χ3v) is 4.34. The van der Waals surface area contributed by atoms with Crippen molar-refractivity contribution < 1.29 is 9.90 Å². The van der Waals surface area contributed by atoms with Crippen LogP contribution in [0.3, 0.4) is 0 Å². The van der Waals surface area contributed by atoms with Gasteiger partial charge in [0.1, 0.15) is 0 Å². The Kier molecular flexibility index (Phi) is 5.68. The van der Waals surface area contributed by atoms with E-state index in [1.165, 1.54) is 11.0 Å². The van der Waals surface area contributed by atoms with E-state index >= 15 is 0 Å². The predicted octanol–water partition coefficient (Wildman–Crippen LogP) is 2.84. The number of amides is 1. The molecule has 1 aliphatic carbocycles. The van der Waals surface area contributed by atoms with Gasteiger partial charge < -0.3 is 10.4 Å². The molecular formula is C16H21NO2S. The van der Waals surface area contributed by atoms with Crippen LogP contribution >= 0.6 is 11.8 Å². The van der Waals surface area contributed by atoms with Crippen LogP contribution in [0.25, 0.3) is 6.08 Å². The maximum atomic E-state index is 11.8. The van der Waals surface area contributed by atoms with Crippen LogP contribution in [0, 0.1) is 0 Å². The standard InChI is InChI=1S/C16H21NO2S/c1-20-13-9-6-12(7-10-13)8-11-16(19)17-14-4-2-3-5-15(14)18/h6-11,14-15,18H,2-5H2,1H3,(H,17,19)/b11-8+. The minimum absolute atomic E-state index is 0.0974. The van der Waals surface area contributed by atoms with Gasteiger partial charge in [0.2, 0.25) is 5.91 Å². The summed E-state index contributed by atoms with van der Waals surface area (Å²) in [5.41, 5.74) is 1.00. The van der Waals surface area contributed by atoms with E-state index in [2.05, 4.69) is 5.32 Å². The zero-order valence-electron chi connectivity index (χ0n) is 11.7. The van der Waals surface area contributed by atoms with E-state index < -0.39 is 6.10 Å². The van der Waals surface area contributed by atoms with E-state index in [1.807, 2.05) is 30.5 Å². The average Bonchev–Trinajstić information content (AvgIpc) is 2.48. The van der Waals surface area contributed by atoms with E-state index in [9.17, 15) is 9.90 Å². The van der Waals surface area contributed by atoms with Gasteiger partial charge >= 0.3 is 0 Å². The molecule has 0 aromatic heterocycles. The highest BCUT2D eigenvalue weighted by Gasteiger charge is 2.23. The van der Waals surface area contributed by atoms with E-state index in [0.29, 0.717) is 0 Å². The third-order valence-electron chi connectivity index (χ3n) is 3.60. The maximum Gasteiger partial charge on any atom is 0.244 e. The fourth-order valence-corrected chi connectivity index (χ4v) is 2.81. The van der Waals surface area contributed by atoms with Gasteiger partial charge in [-0.05, 0) is 42.9 Å². The summed E-state index contributed by atoms with van der Waals surface area (Å²) in [6, 6.07) is 7.95. The van der Waals surface area contributed by atoms with Gasteiger partial charge in [0.25, 0.3) is 0 Å². The lowest BCUT2D eigenvalue weighted by Gasteiger charge is -2.27. The average molecular weight is 291 g/mol. The smallest absolute Gasteiger partial charge is 0.244 e. The predicted molar refractivity (Wildman–Crippen MR) is 83.7 cm³/mol. The Morgan fingerprint density at radius 1 is 1.30 bits per heavy atom. The second kappa shape index (κ2) is 7.50. The van der Waals surface area contributed by atoms with E-state index in [-0.39, 0.29) is 11.9 Å². The lowest BCUT2D eigenvalue weighted by molar-refractivity contribution is -0.118. The van der Waals surface area contributed by atoms with Crippen molar-refractivity contribution in [3.63, 3.8) is 0 Å². The second-order valence-electron chi connectivity index (χ2n) is 5.07. The minimum atomic E-state index is -0.401. The first kappa shape index (κ1) is 15.1. The number of carbonyl (C=O) groups is 1.